The van der Waals surface area contributed by atoms with Gasteiger partial charge in [0.2, 0.25) is 0 Å². The zero-order valence-corrected chi connectivity index (χ0v) is 12.5. The summed E-state index contributed by atoms with van der Waals surface area (Å²) in [6.45, 7) is 4.12. The summed E-state index contributed by atoms with van der Waals surface area (Å²) in [4.78, 5) is 14.2. The molecule has 1 aliphatic carbocycles. The molecule has 0 spiro atoms. The van der Waals surface area contributed by atoms with Crippen LogP contribution in [0.25, 0.3) is 0 Å². The summed E-state index contributed by atoms with van der Waals surface area (Å²) >= 11 is 0. The number of hydrogen-bond acceptors (Lipinski definition) is 2. The van der Waals surface area contributed by atoms with Crippen LogP contribution >= 0.6 is 10.8 Å². The number of carbonyl (C=O) groups is 1. The second-order valence-electron chi connectivity index (χ2n) is 5.10. The van der Waals surface area contributed by atoms with Gasteiger partial charge in [0.1, 0.15) is 0 Å². The average Bonchev–Trinajstić information content (AvgIpc) is 2.51. The van der Waals surface area contributed by atoms with Crippen molar-refractivity contribution in [1.82, 2.24) is 0 Å². The molecule has 0 N–H and O–H groups in total. The third-order valence-corrected chi connectivity index (χ3v) is 5.61. The van der Waals surface area contributed by atoms with E-state index >= 15 is 0 Å². The first-order valence-corrected chi connectivity index (χ1v) is 8.15. The van der Waals surface area contributed by atoms with Gasteiger partial charge in [-0.1, -0.05) is 44.2 Å². The fraction of sp³-hybridized carbons (Fsp3) is 0.294. The van der Waals surface area contributed by atoms with E-state index in [-0.39, 0.29) is 11.7 Å². The Morgan fingerprint density at radius 2 is 2.00 bits per heavy atom. The molecule has 2 nitrogen and oxygen atoms in total. The van der Waals surface area contributed by atoms with E-state index in [9.17, 15) is 9.35 Å². The van der Waals surface area contributed by atoms with Gasteiger partial charge in [0, 0.05) is 10.5 Å². The quantitative estimate of drug-likeness (QED) is 0.778. The number of rotatable bonds is 2. The van der Waals surface area contributed by atoms with E-state index < -0.39 is 10.8 Å². The minimum absolute atomic E-state index is 0.0835. The molecule has 0 amide bonds. The predicted octanol–water partition coefficient (Wildman–Crippen LogP) is 3.68. The molecule has 3 rings (SSSR count). The SMILES string of the molecule is CCc1cc(CC)c2c(c1)C(=O)C1C=CC=CC1=S2[O-]. The molecule has 0 bridgehead atoms. The van der Waals surface area contributed by atoms with Crippen molar-refractivity contribution in [3.05, 3.63) is 53.1 Å². The van der Waals surface area contributed by atoms with Crippen LogP contribution in [0.1, 0.15) is 35.3 Å². The number of aryl methyl sites for hydroxylation is 2. The number of hydrogen-bond donors (Lipinski definition) is 0. The Morgan fingerprint density at radius 3 is 2.70 bits per heavy atom. The fourth-order valence-electron chi connectivity index (χ4n) is 2.83. The molecule has 1 aromatic rings. The van der Waals surface area contributed by atoms with Gasteiger partial charge >= 0.3 is 0 Å². The van der Waals surface area contributed by atoms with Crippen molar-refractivity contribution in [2.24, 2.45) is 5.92 Å². The first kappa shape index (κ1) is 13.5. The Labute approximate surface area is 122 Å². The van der Waals surface area contributed by atoms with Gasteiger partial charge in [-0.3, -0.25) is 4.79 Å². The van der Waals surface area contributed by atoms with E-state index in [4.69, 9.17) is 0 Å². The largest absolute Gasteiger partial charge is 0.799 e. The molecule has 2 atom stereocenters. The maximum absolute atomic E-state index is 12.8. The van der Waals surface area contributed by atoms with Gasteiger partial charge < -0.3 is 4.55 Å². The lowest BCUT2D eigenvalue weighted by molar-refractivity contribution is 0.0968. The number of fused-ring (bicyclic) bond motifs is 2. The minimum atomic E-state index is -1.22. The number of carbonyl (C=O) groups excluding carboxylic acids is 1. The van der Waals surface area contributed by atoms with Crippen LogP contribution in [0.5, 0.6) is 0 Å². The molecule has 20 heavy (non-hydrogen) atoms. The highest BCUT2D eigenvalue weighted by atomic mass is 32.2. The highest BCUT2D eigenvalue weighted by Gasteiger charge is 2.30. The molecule has 0 saturated carbocycles. The molecule has 1 heterocycles. The topological polar surface area (TPSA) is 40.1 Å². The van der Waals surface area contributed by atoms with Crippen LogP contribution in [-0.2, 0) is 12.8 Å². The predicted molar refractivity (Wildman–Crippen MR) is 82.9 cm³/mol. The van der Waals surface area contributed by atoms with Crippen LogP contribution in [0.3, 0.4) is 0 Å². The van der Waals surface area contributed by atoms with Crippen molar-refractivity contribution in [3.8, 4) is 0 Å². The molecule has 1 aliphatic heterocycles. The lowest BCUT2D eigenvalue weighted by Gasteiger charge is -2.34. The fourth-order valence-corrected chi connectivity index (χ4v) is 4.48. The van der Waals surface area contributed by atoms with Crippen molar-refractivity contribution in [2.45, 2.75) is 31.6 Å². The normalized spacial score (nSPS) is 23.8. The molecule has 1 aromatic carbocycles. The van der Waals surface area contributed by atoms with Crippen molar-refractivity contribution in [2.75, 3.05) is 0 Å². The Kier molecular flexibility index (Phi) is 3.48. The molecular weight excluding hydrogens is 268 g/mol. The standard InChI is InChI=1S/C17H17O2S/c1-3-11-9-12(4-2)17-14(10-11)16(18)13-7-5-6-8-15(13)20(17)19/h5-10,13H,3-4H2,1-2H3/q-1. The van der Waals surface area contributed by atoms with Crippen molar-refractivity contribution >= 4 is 21.4 Å². The summed E-state index contributed by atoms with van der Waals surface area (Å²) in [5.41, 5.74) is 2.85. The van der Waals surface area contributed by atoms with E-state index in [0.29, 0.717) is 5.56 Å². The molecule has 2 unspecified atom stereocenters. The van der Waals surface area contributed by atoms with Gasteiger partial charge in [-0.25, -0.2) is 10.8 Å². The van der Waals surface area contributed by atoms with E-state index in [1.807, 2.05) is 37.3 Å². The summed E-state index contributed by atoms with van der Waals surface area (Å²) < 4.78 is 12.8. The summed E-state index contributed by atoms with van der Waals surface area (Å²) in [6.07, 6.45) is 9.08. The highest BCUT2D eigenvalue weighted by molar-refractivity contribution is 8.11. The third kappa shape index (κ3) is 1.93. The maximum Gasteiger partial charge on any atom is 0.175 e. The van der Waals surface area contributed by atoms with E-state index in [1.165, 1.54) is 0 Å². The maximum atomic E-state index is 12.8. The van der Waals surface area contributed by atoms with Crippen molar-refractivity contribution < 1.29 is 9.35 Å². The van der Waals surface area contributed by atoms with Crippen LogP contribution < -0.4 is 0 Å². The molecule has 3 heteroatoms. The molecular formula is C17H17O2S-. The summed E-state index contributed by atoms with van der Waals surface area (Å²) in [5.74, 6) is -0.259. The second-order valence-corrected chi connectivity index (χ2v) is 6.51. The van der Waals surface area contributed by atoms with Gasteiger partial charge in [0.25, 0.3) is 0 Å². The number of allylic oxidation sites excluding steroid dienone is 4. The van der Waals surface area contributed by atoms with Crippen LogP contribution in [0.2, 0.25) is 0 Å². The number of Topliss-reactive ketones (excluding diaryl/α,β-unsaturated/α-hetero) is 1. The van der Waals surface area contributed by atoms with E-state index in [0.717, 1.165) is 33.7 Å². The number of benzene rings is 1. The van der Waals surface area contributed by atoms with E-state index in [1.54, 1.807) is 0 Å². The smallest absolute Gasteiger partial charge is 0.175 e. The molecule has 0 saturated heterocycles. The minimum Gasteiger partial charge on any atom is -0.799 e. The summed E-state index contributed by atoms with van der Waals surface area (Å²) in [6, 6.07) is 4.02. The molecule has 2 aliphatic rings. The lowest BCUT2D eigenvalue weighted by Crippen LogP contribution is -2.27. The number of ketones is 1. The average molecular weight is 285 g/mol. The third-order valence-electron chi connectivity index (χ3n) is 3.94. The van der Waals surface area contributed by atoms with Crippen molar-refractivity contribution in [1.29, 1.82) is 0 Å². The van der Waals surface area contributed by atoms with Gasteiger partial charge in [-0.05, 0) is 34.9 Å². The monoisotopic (exact) mass is 285 g/mol. The summed E-state index contributed by atoms with van der Waals surface area (Å²) in [5, 5.41) is 0. The van der Waals surface area contributed by atoms with Gasteiger partial charge in [0.15, 0.2) is 5.78 Å². The summed E-state index contributed by atoms with van der Waals surface area (Å²) in [7, 11) is -1.22. The van der Waals surface area contributed by atoms with Crippen LogP contribution in [0.15, 0.2) is 41.3 Å². The van der Waals surface area contributed by atoms with Crippen LogP contribution in [0, 0.1) is 5.92 Å². The Hall–Kier alpha value is -1.45. The Balaban J connectivity index is 2.31. The lowest BCUT2D eigenvalue weighted by atomic mass is 9.89. The van der Waals surface area contributed by atoms with Gasteiger partial charge in [-0.2, -0.15) is 0 Å². The Morgan fingerprint density at radius 1 is 1.20 bits per heavy atom. The first-order valence-electron chi connectivity index (χ1n) is 7.00. The van der Waals surface area contributed by atoms with Crippen molar-refractivity contribution in [3.63, 3.8) is 0 Å². The zero-order chi connectivity index (χ0) is 14.3. The molecule has 0 radical (unpaired) electrons. The van der Waals surface area contributed by atoms with Crippen LogP contribution in [-0.4, -0.2) is 15.2 Å². The van der Waals surface area contributed by atoms with Gasteiger partial charge in [-0.15, -0.1) is 0 Å². The van der Waals surface area contributed by atoms with E-state index in [2.05, 4.69) is 13.0 Å². The van der Waals surface area contributed by atoms with Crippen LogP contribution in [0.4, 0.5) is 0 Å². The molecule has 0 fully saturated rings. The zero-order valence-electron chi connectivity index (χ0n) is 11.7. The molecule has 104 valence electrons. The molecule has 0 aromatic heterocycles. The van der Waals surface area contributed by atoms with Gasteiger partial charge in [0.05, 0.1) is 5.92 Å². The second kappa shape index (κ2) is 5.15. The Bertz CT molecular complexity index is 680. The first-order chi connectivity index (χ1) is 9.67. The highest BCUT2D eigenvalue weighted by Crippen LogP contribution is 2.41.